The van der Waals surface area contributed by atoms with Crippen molar-refractivity contribution in [2.75, 3.05) is 0 Å². The lowest BCUT2D eigenvalue weighted by Gasteiger charge is -2.25. The second kappa shape index (κ2) is 4.19. The lowest BCUT2D eigenvalue weighted by Crippen LogP contribution is -2.21. The highest BCUT2D eigenvalue weighted by molar-refractivity contribution is 5.78. The molecule has 0 aliphatic heterocycles. The summed E-state index contributed by atoms with van der Waals surface area (Å²) in [5, 5.41) is 11.2. The second-order valence-corrected chi connectivity index (χ2v) is 5.15. The van der Waals surface area contributed by atoms with E-state index in [4.69, 9.17) is 4.42 Å². The molecule has 1 aromatic carbocycles. The van der Waals surface area contributed by atoms with Crippen molar-refractivity contribution >= 4 is 11.0 Å². The molecule has 1 aliphatic rings. The van der Waals surface area contributed by atoms with Crippen LogP contribution in [0.15, 0.2) is 28.7 Å². The number of aliphatic hydroxyl groups excluding tert-OH is 1. The molecule has 0 radical (unpaired) electrons. The summed E-state index contributed by atoms with van der Waals surface area (Å²) >= 11 is 0. The Bertz CT molecular complexity index is 527. The Morgan fingerprint density at radius 1 is 1.18 bits per heavy atom. The van der Waals surface area contributed by atoms with Crippen LogP contribution in [0.5, 0.6) is 0 Å². The van der Waals surface area contributed by atoms with E-state index in [2.05, 4.69) is 25.1 Å². The molecule has 1 aliphatic carbocycles. The molecule has 0 bridgehead atoms. The van der Waals surface area contributed by atoms with Gasteiger partial charge >= 0.3 is 0 Å². The van der Waals surface area contributed by atoms with Gasteiger partial charge in [-0.3, -0.25) is 0 Å². The van der Waals surface area contributed by atoms with Gasteiger partial charge in [0, 0.05) is 11.3 Å². The van der Waals surface area contributed by atoms with Crippen LogP contribution in [0.25, 0.3) is 11.0 Å². The van der Waals surface area contributed by atoms with E-state index in [-0.39, 0.29) is 12.0 Å². The Labute approximate surface area is 101 Å². The molecule has 2 nitrogen and oxygen atoms in total. The zero-order valence-corrected chi connectivity index (χ0v) is 10.1. The molecule has 1 aromatic heterocycles. The predicted octanol–water partition coefficient (Wildman–Crippen LogP) is 3.76. The van der Waals surface area contributed by atoms with Crippen LogP contribution in [-0.2, 0) is 0 Å². The van der Waals surface area contributed by atoms with E-state index in [1.165, 1.54) is 12.0 Å². The molecule has 0 spiro atoms. The molecule has 0 amide bonds. The van der Waals surface area contributed by atoms with E-state index >= 15 is 0 Å². The summed E-state index contributed by atoms with van der Waals surface area (Å²) < 4.78 is 5.87. The Balaban J connectivity index is 1.99. The molecule has 0 saturated heterocycles. The summed E-state index contributed by atoms with van der Waals surface area (Å²) in [4.78, 5) is 0. The average molecular weight is 230 g/mol. The molecule has 1 fully saturated rings. The predicted molar refractivity (Wildman–Crippen MR) is 68.2 cm³/mol. The summed E-state index contributed by atoms with van der Waals surface area (Å²) in [6.07, 6.45) is 4.04. The molecular weight excluding hydrogens is 212 g/mol. The number of fused-ring (bicyclic) bond motifs is 1. The SMILES string of the molecule is Cc1ccc2oc(C3CCCCC3O)cc2c1. The van der Waals surface area contributed by atoms with E-state index in [0.29, 0.717) is 0 Å². The van der Waals surface area contributed by atoms with Gasteiger partial charge in [0.25, 0.3) is 0 Å². The highest BCUT2D eigenvalue weighted by Gasteiger charge is 2.27. The number of hydrogen-bond acceptors (Lipinski definition) is 2. The monoisotopic (exact) mass is 230 g/mol. The van der Waals surface area contributed by atoms with Crippen LogP contribution in [0.4, 0.5) is 0 Å². The van der Waals surface area contributed by atoms with Crippen LogP contribution < -0.4 is 0 Å². The first-order chi connectivity index (χ1) is 8.24. The number of aryl methyl sites for hydroxylation is 1. The molecule has 1 saturated carbocycles. The third-order valence-electron chi connectivity index (χ3n) is 3.79. The number of benzene rings is 1. The van der Waals surface area contributed by atoms with Crippen LogP contribution in [0.3, 0.4) is 0 Å². The van der Waals surface area contributed by atoms with Gasteiger partial charge in [0.1, 0.15) is 11.3 Å². The van der Waals surface area contributed by atoms with Crippen molar-refractivity contribution in [3.63, 3.8) is 0 Å². The summed E-state index contributed by atoms with van der Waals surface area (Å²) in [5.74, 6) is 1.15. The third-order valence-corrected chi connectivity index (χ3v) is 3.79. The molecular formula is C15H18O2. The van der Waals surface area contributed by atoms with E-state index in [0.717, 1.165) is 36.0 Å². The third kappa shape index (κ3) is 1.98. The van der Waals surface area contributed by atoms with Crippen molar-refractivity contribution in [2.45, 2.75) is 44.6 Å². The molecule has 3 rings (SSSR count). The minimum absolute atomic E-state index is 0.191. The molecule has 17 heavy (non-hydrogen) atoms. The van der Waals surface area contributed by atoms with Crippen molar-refractivity contribution in [1.82, 2.24) is 0 Å². The van der Waals surface area contributed by atoms with Gasteiger partial charge in [-0.15, -0.1) is 0 Å². The van der Waals surface area contributed by atoms with E-state index in [1.807, 2.05) is 6.07 Å². The van der Waals surface area contributed by atoms with Crippen LogP contribution in [0.1, 0.15) is 42.9 Å². The quantitative estimate of drug-likeness (QED) is 0.809. The lowest BCUT2D eigenvalue weighted by atomic mass is 9.85. The fourth-order valence-electron chi connectivity index (χ4n) is 2.81. The van der Waals surface area contributed by atoms with E-state index < -0.39 is 0 Å². The van der Waals surface area contributed by atoms with Crippen molar-refractivity contribution in [2.24, 2.45) is 0 Å². The first-order valence-corrected chi connectivity index (χ1v) is 6.42. The van der Waals surface area contributed by atoms with Crippen LogP contribution >= 0.6 is 0 Å². The second-order valence-electron chi connectivity index (χ2n) is 5.15. The van der Waals surface area contributed by atoms with Crippen LogP contribution in [-0.4, -0.2) is 11.2 Å². The highest BCUT2D eigenvalue weighted by Crippen LogP contribution is 2.35. The first kappa shape index (κ1) is 10.8. The maximum atomic E-state index is 10.0. The molecule has 1 heterocycles. The lowest BCUT2D eigenvalue weighted by molar-refractivity contribution is 0.0973. The average Bonchev–Trinajstić information content (AvgIpc) is 2.72. The zero-order valence-electron chi connectivity index (χ0n) is 10.1. The Morgan fingerprint density at radius 2 is 2.00 bits per heavy atom. The summed E-state index contributed by atoms with van der Waals surface area (Å²) in [5.41, 5.74) is 2.18. The van der Waals surface area contributed by atoms with Gasteiger partial charge in [0.05, 0.1) is 6.10 Å². The van der Waals surface area contributed by atoms with Crippen molar-refractivity contribution in [1.29, 1.82) is 0 Å². The molecule has 90 valence electrons. The number of rotatable bonds is 1. The van der Waals surface area contributed by atoms with E-state index in [1.54, 1.807) is 0 Å². The zero-order chi connectivity index (χ0) is 11.8. The Hall–Kier alpha value is -1.28. The Kier molecular flexibility index (Phi) is 2.67. The largest absolute Gasteiger partial charge is 0.461 e. The van der Waals surface area contributed by atoms with Crippen molar-refractivity contribution in [3.05, 3.63) is 35.6 Å². The van der Waals surface area contributed by atoms with Gasteiger partial charge < -0.3 is 9.52 Å². The summed E-state index contributed by atoms with van der Waals surface area (Å²) in [7, 11) is 0. The normalized spacial score (nSPS) is 25.3. The number of aliphatic hydroxyl groups is 1. The smallest absolute Gasteiger partial charge is 0.134 e. The van der Waals surface area contributed by atoms with Gasteiger partial charge in [0.15, 0.2) is 0 Å². The van der Waals surface area contributed by atoms with Gasteiger partial charge in [-0.1, -0.05) is 24.5 Å². The highest BCUT2D eigenvalue weighted by atomic mass is 16.3. The van der Waals surface area contributed by atoms with Gasteiger partial charge in [-0.2, -0.15) is 0 Å². The molecule has 2 unspecified atom stereocenters. The van der Waals surface area contributed by atoms with Gasteiger partial charge in [0.2, 0.25) is 0 Å². The van der Waals surface area contributed by atoms with Crippen LogP contribution in [0.2, 0.25) is 0 Å². The van der Waals surface area contributed by atoms with Crippen LogP contribution in [0, 0.1) is 6.92 Å². The van der Waals surface area contributed by atoms with Crippen molar-refractivity contribution in [3.8, 4) is 0 Å². The molecule has 2 heteroatoms. The first-order valence-electron chi connectivity index (χ1n) is 6.42. The Morgan fingerprint density at radius 3 is 2.82 bits per heavy atom. The summed E-state index contributed by atoms with van der Waals surface area (Å²) in [6.45, 7) is 2.08. The maximum absolute atomic E-state index is 10.0. The topological polar surface area (TPSA) is 33.4 Å². The maximum Gasteiger partial charge on any atom is 0.134 e. The minimum atomic E-state index is -0.231. The van der Waals surface area contributed by atoms with E-state index in [9.17, 15) is 5.11 Å². The minimum Gasteiger partial charge on any atom is -0.461 e. The number of hydrogen-bond donors (Lipinski definition) is 1. The fraction of sp³-hybridized carbons (Fsp3) is 0.467. The number of furan rings is 1. The molecule has 1 N–H and O–H groups in total. The summed E-state index contributed by atoms with van der Waals surface area (Å²) in [6, 6.07) is 8.31. The molecule has 2 aromatic rings. The van der Waals surface area contributed by atoms with Gasteiger partial charge in [-0.05, 0) is 38.0 Å². The van der Waals surface area contributed by atoms with Crippen molar-refractivity contribution < 1.29 is 9.52 Å². The molecule has 2 atom stereocenters. The standard InChI is InChI=1S/C15H18O2/c1-10-6-7-14-11(8-10)9-15(17-14)12-4-2-3-5-13(12)16/h6-9,12-13,16H,2-5H2,1H3. The van der Waals surface area contributed by atoms with Gasteiger partial charge in [-0.25, -0.2) is 0 Å². The fourth-order valence-corrected chi connectivity index (χ4v) is 2.81.